The Kier molecular flexibility index (Phi) is 3.58. The summed E-state index contributed by atoms with van der Waals surface area (Å²) < 4.78 is 2.12. The lowest BCUT2D eigenvalue weighted by molar-refractivity contribution is 0.383. The minimum atomic E-state index is 0.314. The van der Waals surface area contributed by atoms with E-state index < -0.39 is 0 Å². The second-order valence-corrected chi connectivity index (χ2v) is 6.01. The Morgan fingerprint density at radius 3 is 2.46 bits per heavy atom. The van der Waals surface area contributed by atoms with Crippen molar-refractivity contribution in [1.82, 2.24) is 14.5 Å². The molecule has 0 bridgehead atoms. The highest BCUT2D eigenvalue weighted by molar-refractivity contribution is 5.66. The maximum absolute atomic E-state index is 4.58. The van der Waals surface area contributed by atoms with Gasteiger partial charge >= 0.3 is 0 Å². The second kappa shape index (κ2) is 5.89. The van der Waals surface area contributed by atoms with Crippen molar-refractivity contribution in [2.45, 2.75) is 13.1 Å². The largest absolute Gasteiger partial charge is 0.359 e. The van der Waals surface area contributed by atoms with E-state index in [4.69, 9.17) is 0 Å². The maximum atomic E-state index is 4.58. The summed E-state index contributed by atoms with van der Waals surface area (Å²) in [6, 6.07) is 18.8. The van der Waals surface area contributed by atoms with Gasteiger partial charge in [-0.3, -0.25) is 4.57 Å². The highest BCUT2D eigenvalue weighted by atomic mass is 15.4. The third kappa shape index (κ3) is 2.46. The van der Waals surface area contributed by atoms with Gasteiger partial charge in [-0.15, -0.1) is 0 Å². The molecule has 2 aromatic carbocycles. The average Bonchev–Trinajstić information content (AvgIpc) is 3.24. The van der Waals surface area contributed by atoms with Gasteiger partial charge in [0, 0.05) is 48.8 Å². The predicted molar refractivity (Wildman–Crippen MR) is 97.8 cm³/mol. The lowest BCUT2D eigenvalue weighted by atomic mass is 10.1. The summed E-state index contributed by atoms with van der Waals surface area (Å²) in [5.41, 5.74) is 3.39. The first-order chi connectivity index (χ1) is 11.7. The minimum Gasteiger partial charge on any atom is -0.359 e. The number of rotatable bonds is 3. The van der Waals surface area contributed by atoms with Gasteiger partial charge in [0.1, 0.15) is 12.0 Å². The molecule has 1 atom stereocenters. The molecule has 4 rings (SSSR count). The van der Waals surface area contributed by atoms with Gasteiger partial charge in [0.15, 0.2) is 0 Å². The molecule has 4 nitrogen and oxygen atoms in total. The maximum Gasteiger partial charge on any atom is 0.144 e. The van der Waals surface area contributed by atoms with E-state index >= 15 is 0 Å². The SMILES string of the molecule is C[C@H]1N(C)C=CN1c1cccc(-c2nccn2-c2ccccc2)c1. The van der Waals surface area contributed by atoms with E-state index in [0.717, 1.165) is 17.1 Å². The number of hydrogen-bond acceptors (Lipinski definition) is 3. The number of anilines is 1. The van der Waals surface area contributed by atoms with E-state index in [1.54, 1.807) is 0 Å². The molecule has 4 heteroatoms. The topological polar surface area (TPSA) is 24.3 Å². The Labute approximate surface area is 142 Å². The van der Waals surface area contributed by atoms with Crippen molar-refractivity contribution in [1.29, 1.82) is 0 Å². The van der Waals surface area contributed by atoms with Crippen molar-refractivity contribution in [2.75, 3.05) is 11.9 Å². The molecule has 0 amide bonds. The zero-order chi connectivity index (χ0) is 16.5. The van der Waals surface area contributed by atoms with Crippen LogP contribution in [-0.4, -0.2) is 27.7 Å². The van der Waals surface area contributed by atoms with Gasteiger partial charge in [-0.25, -0.2) is 4.98 Å². The van der Waals surface area contributed by atoms with Crippen LogP contribution in [0.4, 0.5) is 5.69 Å². The van der Waals surface area contributed by atoms with Crippen molar-refractivity contribution in [3.05, 3.63) is 79.4 Å². The van der Waals surface area contributed by atoms with Gasteiger partial charge < -0.3 is 9.80 Å². The van der Waals surface area contributed by atoms with E-state index in [1.165, 1.54) is 5.69 Å². The molecule has 0 saturated heterocycles. The van der Waals surface area contributed by atoms with Crippen LogP contribution < -0.4 is 4.90 Å². The molecule has 2 heterocycles. The Morgan fingerprint density at radius 2 is 1.71 bits per heavy atom. The third-order valence-corrected chi connectivity index (χ3v) is 4.53. The molecule has 24 heavy (non-hydrogen) atoms. The molecule has 1 aliphatic rings. The minimum absolute atomic E-state index is 0.314. The van der Waals surface area contributed by atoms with E-state index in [0.29, 0.717) is 6.17 Å². The Balaban J connectivity index is 1.73. The monoisotopic (exact) mass is 316 g/mol. The summed E-state index contributed by atoms with van der Waals surface area (Å²) in [6.45, 7) is 2.19. The molecule has 1 aromatic heterocycles. The number of nitrogens with zero attached hydrogens (tertiary/aromatic N) is 4. The van der Waals surface area contributed by atoms with Gasteiger partial charge in [-0.2, -0.15) is 0 Å². The van der Waals surface area contributed by atoms with E-state index in [9.17, 15) is 0 Å². The van der Waals surface area contributed by atoms with Crippen LogP contribution in [0, 0.1) is 0 Å². The summed E-state index contributed by atoms with van der Waals surface area (Å²) in [5.74, 6) is 0.951. The fourth-order valence-corrected chi connectivity index (χ4v) is 3.04. The number of imidazole rings is 1. The molecular formula is C20H20N4. The lowest BCUT2D eigenvalue weighted by Gasteiger charge is -2.27. The van der Waals surface area contributed by atoms with E-state index in [1.807, 2.05) is 30.6 Å². The molecule has 1 aliphatic heterocycles. The van der Waals surface area contributed by atoms with Crippen molar-refractivity contribution < 1.29 is 0 Å². The van der Waals surface area contributed by atoms with Gasteiger partial charge in [0.05, 0.1) is 0 Å². The summed E-state index contributed by atoms with van der Waals surface area (Å²) >= 11 is 0. The number of hydrogen-bond donors (Lipinski definition) is 0. The molecule has 0 spiro atoms. The molecule has 0 unspecified atom stereocenters. The van der Waals surface area contributed by atoms with Crippen LogP contribution in [0.3, 0.4) is 0 Å². The molecule has 120 valence electrons. The predicted octanol–water partition coefficient (Wildman–Crippen LogP) is 4.11. The fraction of sp³-hybridized carbons (Fsp3) is 0.150. The van der Waals surface area contributed by atoms with E-state index in [2.05, 4.69) is 82.1 Å². The van der Waals surface area contributed by atoms with Crippen LogP contribution in [0.1, 0.15) is 6.92 Å². The highest BCUT2D eigenvalue weighted by Gasteiger charge is 2.20. The van der Waals surface area contributed by atoms with Crippen LogP contribution in [0.25, 0.3) is 17.1 Å². The number of aromatic nitrogens is 2. The Bertz CT molecular complexity index is 866. The van der Waals surface area contributed by atoms with Crippen LogP contribution in [0.15, 0.2) is 79.4 Å². The molecular weight excluding hydrogens is 296 g/mol. The Morgan fingerprint density at radius 1 is 0.917 bits per heavy atom. The highest BCUT2D eigenvalue weighted by Crippen LogP contribution is 2.29. The summed E-state index contributed by atoms with van der Waals surface area (Å²) in [4.78, 5) is 9.04. The normalized spacial score (nSPS) is 16.8. The third-order valence-electron chi connectivity index (χ3n) is 4.53. The summed E-state index contributed by atoms with van der Waals surface area (Å²) in [6.07, 6.45) is 8.38. The first-order valence-corrected chi connectivity index (χ1v) is 8.12. The fourth-order valence-electron chi connectivity index (χ4n) is 3.04. The zero-order valence-electron chi connectivity index (χ0n) is 13.9. The van der Waals surface area contributed by atoms with Crippen molar-refractivity contribution in [2.24, 2.45) is 0 Å². The molecule has 0 radical (unpaired) electrons. The smallest absolute Gasteiger partial charge is 0.144 e. The second-order valence-electron chi connectivity index (χ2n) is 6.01. The van der Waals surface area contributed by atoms with Crippen molar-refractivity contribution >= 4 is 5.69 Å². The first kappa shape index (κ1) is 14.6. The number of benzene rings is 2. The van der Waals surface area contributed by atoms with Crippen molar-refractivity contribution in [3.8, 4) is 17.1 Å². The number of para-hydroxylation sites is 1. The lowest BCUT2D eigenvalue weighted by Crippen LogP contribution is -2.33. The van der Waals surface area contributed by atoms with Crippen LogP contribution >= 0.6 is 0 Å². The Hall–Kier alpha value is -3.01. The van der Waals surface area contributed by atoms with Crippen LogP contribution in [0.5, 0.6) is 0 Å². The standard InChI is InChI=1S/C20H20N4/c1-16-22(2)13-14-23(16)19-10-6-7-17(15-19)20-21-11-12-24(20)18-8-4-3-5-9-18/h3-16H,1-2H3/t16-/m0/s1. The molecule has 0 fully saturated rings. The molecule has 0 aliphatic carbocycles. The quantitative estimate of drug-likeness (QED) is 0.727. The van der Waals surface area contributed by atoms with E-state index in [-0.39, 0.29) is 0 Å². The molecule has 0 saturated carbocycles. The van der Waals surface area contributed by atoms with Gasteiger partial charge in [0.25, 0.3) is 0 Å². The molecule has 0 N–H and O–H groups in total. The van der Waals surface area contributed by atoms with Crippen LogP contribution in [-0.2, 0) is 0 Å². The average molecular weight is 316 g/mol. The molecule has 3 aromatic rings. The zero-order valence-corrected chi connectivity index (χ0v) is 13.9. The van der Waals surface area contributed by atoms with Gasteiger partial charge in [0.2, 0.25) is 0 Å². The summed E-state index contributed by atoms with van der Waals surface area (Å²) in [7, 11) is 2.09. The van der Waals surface area contributed by atoms with Crippen LogP contribution in [0.2, 0.25) is 0 Å². The first-order valence-electron chi connectivity index (χ1n) is 8.12. The van der Waals surface area contributed by atoms with Gasteiger partial charge in [-0.1, -0.05) is 30.3 Å². The van der Waals surface area contributed by atoms with Gasteiger partial charge in [-0.05, 0) is 31.2 Å². The summed E-state index contributed by atoms with van der Waals surface area (Å²) in [5, 5.41) is 0. The van der Waals surface area contributed by atoms with Crippen molar-refractivity contribution in [3.63, 3.8) is 0 Å².